The summed E-state index contributed by atoms with van der Waals surface area (Å²) in [6, 6.07) is 20.7. The van der Waals surface area contributed by atoms with E-state index < -0.39 is 6.61 Å². The van der Waals surface area contributed by atoms with Gasteiger partial charge >= 0.3 is 6.61 Å². The lowest BCUT2D eigenvalue weighted by Crippen LogP contribution is -2.24. The molecule has 0 aromatic heterocycles. The van der Waals surface area contributed by atoms with Crippen LogP contribution in [0.3, 0.4) is 0 Å². The van der Waals surface area contributed by atoms with Gasteiger partial charge in [-0.1, -0.05) is 38.1 Å². The van der Waals surface area contributed by atoms with Gasteiger partial charge in [-0.15, -0.1) is 0 Å². The number of halogens is 3. The first-order valence-electron chi connectivity index (χ1n) is 10.0. The van der Waals surface area contributed by atoms with Gasteiger partial charge < -0.3 is 9.47 Å². The highest BCUT2D eigenvalue weighted by Gasteiger charge is 2.24. The molecule has 31 heavy (non-hydrogen) atoms. The Kier molecular flexibility index (Phi) is 7.91. The molecule has 0 saturated heterocycles. The van der Waals surface area contributed by atoms with Gasteiger partial charge in [0.2, 0.25) is 0 Å². The zero-order valence-corrected chi connectivity index (χ0v) is 18.3. The second-order valence-corrected chi connectivity index (χ2v) is 8.50. The van der Waals surface area contributed by atoms with Crippen LogP contribution in [-0.4, -0.2) is 12.4 Å². The van der Waals surface area contributed by atoms with Gasteiger partial charge in [0, 0.05) is 16.9 Å². The topological polar surface area (TPSA) is 18.5 Å². The van der Waals surface area contributed by atoms with Gasteiger partial charge in [0.25, 0.3) is 0 Å². The minimum atomic E-state index is -2.82. The van der Waals surface area contributed by atoms with E-state index >= 15 is 0 Å². The molecule has 0 fully saturated rings. The Morgan fingerprint density at radius 1 is 0.903 bits per heavy atom. The molecule has 0 N–H and O–H groups in total. The zero-order valence-electron chi connectivity index (χ0n) is 17.5. The molecule has 0 radical (unpaired) electrons. The first-order valence-corrected chi connectivity index (χ1v) is 11.2. The molecule has 0 saturated carbocycles. The summed E-state index contributed by atoms with van der Waals surface area (Å²) in [5.74, 6) is 2.85. The minimum absolute atomic E-state index is 0.0871. The molecule has 1 unspecified atom stereocenters. The molecule has 0 heterocycles. The summed E-state index contributed by atoms with van der Waals surface area (Å²) >= 11 is 1.81. The minimum Gasteiger partial charge on any atom is -0.457 e. The van der Waals surface area contributed by atoms with Crippen molar-refractivity contribution in [2.45, 2.75) is 38.0 Å². The number of thioether (sulfide) groups is 1. The van der Waals surface area contributed by atoms with Crippen LogP contribution in [-0.2, 0) is 11.2 Å². The van der Waals surface area contributed by atoms with Crippen LogP contribution in [0, 0.1) is 5.82 Å². The highest BCUT2D eigenvalue weighted by atomic mass is 32.2. The Balaban J connectivity index is 1.59. The van der Waals surface area contributed by atoms with Gasteiger partial charge in [-0.25, -0.2) is 4.39 Å². The fraction of sp³-hybridized carbons (Fsp3) is 0.280. The molecule has 0 spiro atoms. The maximum atomic E-state index is 13.1. The van der Waals surface area contributed by atoms with E-state index in [0.29, 0.717) is 11.5 Å². The van der Waals surface area contributed by atoms with Crippen molar-refractivity contribution >= 4 is 11.8 Å². The van der Waals surface area contributed by atoms with Crippen molar-refractivity contribution in [3.63, 3.8) is 0 Å². The van der Waals surface area contributed by atoms with Crippen LogP contribution in [0.25, 0.3) is 0 Å². The van der Waals surface area contributed by atoms with E-state index in [1.807, 2.05) is 48.2 Å². The van der Waals surface area contributed by atoms with Crippen LogP contribution in [0.4, 0.5) is 13.2 Å². The highest BCUT2D eigenvalue weighted by molar-refractivity contribution is 7.98. The second kappa shape index (κ2) is 10.6. The van der Waals surface area contributed by atoms with Crippen LogP contribution in [0.1, 0.15) is 31.4 Å². The molecule has 0 bridgehead atoms. The van der Waals surface area contributed by atoms with E-state index in [4.69, 9.17) is 4.74 Å². The number of hydrogen-bond donors (Lipinski definition) is 0. The molecule has 2 nitrogen and oxygen atoms in total. The summed E-state index contributed by atoms with van der Waals surface area (Å²) in [6.07, 6.45) is 0.919. The van der Waals surface area contributed by atoms with Gasteiger partial charge in [-0.05, 0) is 66.1 Å². The third-order valence-corrected chi connectivity index (χ3v) is 6.57. The number of rotatable bonds is 10. The molecular weight excluding hydrogens is 421 g/mol. The van der Waals surface area contributed by atoms with Gasteiger partial charge in [-0.3, -0.25) is 0 Å². The Bertz CT molecular complexity index is 961. The summed E-state index contributed by atoms with van der Waals surface area (Å²) in [5.41, 5.74) is 2.14. The van der Waals surface area contributed by atoms with Crippen LogP contribution >= 0.6 is 11.8 Å². The van der Waals surface area contributed by atoms with Crippen LogP contribution < -0.4 is 9.47 Å². The van der Waals surface area contributed by atoms with Crippen molar-refractivity contribution in [1.82, 2.24) is 0 Å². The SMILES string of the molecule is CCC(C)(CSCc1cccc(Oc2ccc(F)cc2)c1)c1ccc(OC(F)F)cc1. The quantitative estimate of drug-likeness (QED) is 0.316. The van der Waals surface area contributed by atoms with Crippen molar-refractivity contribution < 1.29 is 22.6 Å². The Morgan fingerprint density at radius 3 is 2.23 bits per heavy atom. The van der Waals surface area contributed by atoms with E-state index in [1.165, 1.54) is 12.1 Å². The second-order valence-electron chi connectivity index (χ2n) is 7.51. The van der Waals surface area contributed by atoms with Gasteiger partial charge in [0.1, 0.15) is 23.1 Å². The number of benzene rings is 3. The van der Waals surface area contributed by atoms with E-state index in [2.05, 4.69) is 18.6 Å². The fourth-order valence-corrected chi connectivity index (χ4v) is 4.50. The average molecular weight is 447 g/mol. The smallest absolute Gasteiger partial charge is 0.387 e. The zero-order chi connectivity index (χ0) is 22.3. The number of hydrogen-bond acceptors (Lipinski definition) is 3. The average Bonchev–Trinajstić information content (AvgIpc) is 2.75. The molecule has 1 atom stereocenters. The molecule has 0 aliphatic rings. The lowest BCUT2D eigenvalue weighted by atomic mass is 9.82. The van der Waals surface area contributed by atoms with Crippen molar-refractivity contribution in [3.05, 3.63) is 89.7 Å². The van der Waals surface area contributed by atoms with E-state index in [0.717, 1.165) is 29.1 Å². The van der Waals surface area contributed by atoms with Crippen LogP contribution in [0.15, 0.2) is 72.8 Å². The van der Waals surface area contributed by atoms with Crippen molar-refractivity contribution in [3.8, 4) is 17.2 Å². The summed E-state index contributed by atoms with van der Waals surface area (Å²) in [4.78, 5) is 0. The standard InChI is InChI=1S/C25H25F3O2S/c1-3-25(2,19-7-11-22(12-8-19)30-24(27)28)17-31-16-18-5-4-6-23(15-18)29-21-13-9-20(26)10-14-21/h4-15,24H,3,16-17H2,1-2H3. The number of ether oxygens (including phenoxy) is 2. The summed E-state index contributed by atoms with van der Waals surface area (Å²) in [7, 11) is 0. The maximum absolute atomic E-state index is 13.1. The predicted octanol–water partition coefficient (Wildman–Crippen LogP) is 7.82. The largest absolute Gasteiger partial charge is 0.457 e. The van der Waals surface area contributed by atoms with E-state index in [9.17, 15) is 13.2 Å². The third-order valence-electron chi connectivity index (χ3n) is 5.19. The molecule has 0 aliphatic heterocycles. The molecule has 6 heteroatoms. The molecule has 3 aromatic carbocycles. The molecule has 0 amide bonds. The molecule has 3 rings (SSSR count). The fourth-order valence-electron chi connectivity index (χ4n) is 3.16. The van der Waals surface area contributed by atoms with Gasteiger partial charge in [0.15, 0.2) is 0 Å². The molecule has 3 aromatic rings. The first-order chi connectivity index (χ1) is 14.9. The highest BCUT2D eigenvalue weighted by Crippen LogP contribution is 2.34. The summed E-state index contributed by atoms with van der Waals surface area (Å²) in [5, 5.41) is 0. The molecule has 164 valence electrons. The van der Waals surface area contributed by atoms with Crippen molar-refractivity contribution in [2.75, 3.05) is 5.75 Å². The predicted molar refractivity (Wildman–Crippen MR) is 120 cm³/mol. The summed E-state index contributed by atoms with van der Waals surface area (Å²) in [6.45, 7) is 1.49. The Morgan fingerprint density at radius 2 is 1.58 bits per heavy atom. The first kappa shape index (κ1) is 23.1. The maximum Gasteiger partial charge on any atom is 0.387 e. The lowest BCUT2D eigenvalue weighted by Gasteiger charge is -2.29. The van der Waals surface area contributed by atoms with Gasteiger partial charge in [0.05, 0.1) is 0 Å². The van der Waals surface area contributed by atoms with Crippen molar-refractivity contribution in [1.29, 1.82) is 0 Å². The Hall–Kier alpha value is -2.60. The van der Waals surface area contributed by atoms with Crippen LogP contribution in [0.2, 0.25) is 0 Å². The normalized spacial score (nSPS) is 13.1. The monoisotopic (exact) mass is 446 g/mol. The van der Waals surface area contributed by atoms with E-state index in [-0.39, 0.29) is 17.0 Å². The van der Waals surface area contributed by atoms with Gasteiger partial charge in [-0.2, -0.15) is 20.5 Å². The van der Waals surface area contributed by atoms with E-state index in [1.54, 1.807) is 24.3 Å². The summed E-state index contributed by atoms with van der Waals surface area (Å²) < 4.78 is 48.0. The lowest BCUT2D eigenvalue weighted by molar-refractivity contribution is -0.0498. The Labute approximate surface area is 185 Å². The third kappa shape index (κ3) is 6.69. The number of alkyl halides is 2. The molecular formula is C25H25F3O2S. The van der Waals surface area contributed by atoms with Crippen molar-refractivity contribution in [2.24, 2.45) is 0 Å². The molecule has 0 aliphatic carbocycles. The van der Waals surface area contributed by atoms with Crippen LogP contribution in [0.5, 0.6) is 17.2 Å².